The molecule has 28 heavy (non-hydrogen) atoms. The minimum Gasteiger partial charge on any atom is -0.494 e. The number of halogens is 3. The van der Waals surface area contributed by atoms with E-state index in [4.69, 9.17) is 51.8 Å². The van der Waals surface area contributed by atoms with Crippen LogP contribution >= 0.6 is 47.0 Å². The van der Waals surface area contributed by atoms with Crippen molar-refractivity contribution >= 4 is 75.3 Å². The fraction of sp³-hybridized carbons (Fsp3) is 0.167. The highest BCUT2D eigenvalue weighted by atomic mass is 35.5. The molecule has 0 radical (unpaired) electrons. The number of hydrogen-bond donors (Lipinski definition) is 3. The minimum absolute atomic E-state index is 0.00827. The van der Waals surface area contributed by atoms with Crippen LogP contribution in [0.2, 0.25) is 15.1 Å². The summed E-state index contributed by atoms with van der Waals surface area (Å²) < 4.78 is 5.05. The Balaban J connectivity index is 2.11. The van der Waals surface area contributed by atoms with Crippen molar-refractivity contribution < 1.29 is 14.3 Å². The molecule has 0 bridgehead atoms. The van der Waals surface area contributed by atoms with Gasteiger partial charge in [-0.25, -0.2) is 0 Å². The van der Waals surface area contributed by atoms with Crippen LogP contribution in [0.5, 0.6) is 5.75 Å². The molecule has 2 aromatic carbocycles. The topological polar surface area (TPSA) is 79.5 Å². The molecule has 148 valence electrons. The third-order valence-corrected chi connectivity index (χ3v) is 4.61. The Morgan fingerprint density at radius 3 is 2.25 bits per heavy atom. The van der Waals surface area contributed by atoms with Gasteiger partial charge in [-0.3, -0.25) is 14.9 Å². The highest BCUT2D eigenvalue weighted by Crippen LogP contribution is 2.33. The summed E-state index contributed by atoms with van der Waals surface area (Å²) in [5.74, 6) is -0.383. The smallest absolute Gasteiger partial charge is 0.257 e. The van der Waals surface area contributed by atoms with Gasteiger partial charge in [-0.05, 0) is 42.5 Å². The van der Waals surface area contributed by atoms with Gasteiger partial charge in [0, 0.05) is 17.7 Å². The zero-order valence-electron chi connectivity index (χ0n) is 14.9. The van der Waals surface area contributed by atoms with Crippen molar-refractivity contribution in [2.45, 2.75) is 13.3 Å². The predicted molar refractivity (Wildman–Crippen MR) is 117 cm³/mol. The summed E-state index contributed by atoms with van der Waals surface area (Å²) in [5.41, 5.74) is 1.17. The van der Waals surface area contributed by atoms with Crippen LogP contribution in [0.1, 0.15) is 23.7 Å². The maximum Gasteiger partial charge on any atom is 0.257 e. The quantitative estimate of drug-likeness (QED) is 0.539. The van der Waals surface area contributed by atoms with E-state index in [0.29, 0.717) is 22.8 Å². The standard InChI is InChI=1S/C18H16Cl3N3O3S/c1-3-15(25)22-10-4-5-11(19)14(8-10)23-18(28)24-17(26)9-6-12(20)16(27-2)13(21)7-9/h4-8H,3H2,1-2H3,(H,22,25)(H2,23,24,26,28). The van der Waals surface area contributed by atoms with Crippen molar-refractivity contribution in [3.8, 4) is 5.75 Å². The number of thiocarbonyl (C=S) groups is 1. The van der Waals surface area contributed by atoms with Crippen LogP contribution in [-0.4, -0.2) is 24.0 Å². The normalized spacial score (nSPS) is 10.2. The first-order chi connectivity index (χ1) is 13.2. The number of hydrogen-bond acceptors (Lipinski definition) is 4. The molecule has 3 N–H and O–H groups in total. The third kappa shape index (κ3) is 5.72. The highest BCUT2D eigenvalue weighted by Gasteiger charge is 2.15. The molecular weight excluding hydrogens is 445 g/mol. The number of nitrogens with one attached hydrogen (secondary N) is 3. The zero-order chi connectivity index (χ0) is 20.8. The molecule has 6 nitrogen and oxygen atoms in total. The summed E-state index contributed by atoms with van der Waals surface area (Å²) in [7, 11) is 1.42. The Morgan fingerprint density at radius 2 is 1.68 bits per heavy atom. The molecule has 0 aliphatic heterocycles. The SMILES string of the molecule is CCC(=O)Nc1ccc(Cl)c(NC(=S)NC(=O)c2cc(Cl)c(OC)c(Cl)c2)c1. The lowest BCUT2D eigenvalue weighted by molar-refractivity contribution is -0.115. The lowest BCUT2D eigenvalue weighted by Crippen LogP contribution is -2.34. The number of carbonyl (C=O) groups excluding carboxylic acids is 2. The minimum atomic E-state index is -0.518. The van der Waals surface area contributed by atoms with E-state index in [1.165, 1.54) is 19.2 Å². The van der Waals surface area contributed by atoms with Gasteiger partial charge < -0.3 is 15.4 Å². The van der Waals surface area contributed by atoms with Gasteiger partial charge in [0.15, 0.2) is 10.9 Å². The molecule has 2 rings (SSSR count). The molecule has 2 amide bonds. The summed E-state index contributed by atoms with van der Waals surface area (Å²) in [6, 6.07) is 7.69. The monoisotopic (exact) mass is 459 g/mol. The first-order valence-electron chi connectivity index (χ1n) is 8.00. The van der Waals surface area contributed by atoms with E-state index in [0.717, 1.165) is 0 Å². The van der Waals surface area contributed by atoms with E-state index in [1.54, 1.807) is 25.1 Å². The molecule has 10 heteroatoms. The van der Waals surface area contributed by atoms with Crippen molar-refractivity contribution in [1.82, 2.24) is 5.32 Å². The fourth-order valence-corrected chi connectivity index (χ4v) is 3.17. The summed E-state index contributed by atoms with van der Waals surface area (Å²) in [5, 5.41) is 8.81. The van der Waals surface area contributed by atoms with Crippen LogP contribution in [0.25, 0.3) is 0 Å². The van der Waals surface area contributed by atoms with Gasteiger partial charge in [0.1, 0.15) is 0 Å². The van der Waals surface area contributed by atoms with Crippen molar-refractivity contribution in [2.24, 2.45) is 0 Å². The van der Waals surface area contributed by atoms with Crippen molar-refractivity contribution in [3.05, 3.63) is 51.0 Å². The van der Waals surface area contributed by atoms with E-state index < -0.39 is 5.91 Å². The lowest BCUT2D eigenvalue weighted by Gasteiger charge is -2.13. The molecule has 0 fully saturated rings. The first-order valence-corrected chi connectivity index (χ1v) is 9.54. The molecule has 0 aromatic heterocycles. The predicted octanol–water partition coefficient (Wildman–Crippen LogP) is 5.13. The summed E-state index contributed by atoms with van der Waals surface area (Å²) >= 11 is 23.4. The van der Waals surface area contributed by atoms with E-state index in [2.05, 4.69) is 16.0 Å². The second-order valence-electron chi connectivity index (χ2n) is 5.48. The van der Waals surface area contributed by atoms with Gasteiger partial charge in [-0.15, -0.1) is 0 Å². The summed E-state index contributed by atoms with van der Waals surface area (Å²) in [4.78, 5) is 23.9. The largest absolute Gasteiger partial charge is 0.494 e. The maximum absolute atomic E-state index is 12.4. The zero-order valence-corrected chi connectivity index (χ0v) is 17.9. The fourth-order valence-electron chi connectivity index (χ4n) is 2.16. The molecule has 0 atom stereocenters. The van der Waals surface area contributed by atoms with E-state index in [1.807, 2.05) is 0 Å². The van der Waals surface area contributed by atoms with Crippen LogP contribution in [-0.2, 0) is 4.79 Å². The highest BCUT2D eigenvalue weighted by molar-refractivity contribution is 7.80. The number of carbonyl (C=O) groups is 2. The molecule has 0 unspecified atom stereocenters. The van der Waals surface area contributed by atoms with Gasteiger partial charge in [-0.1, -0.05) is 41.7 Å². The number of methoxy groups -OCH3 is 1. The van der Waals surface area contributed by atoms with E-state index in [9.17, 15) is 9.59 Å². The Morgan fingerprint density at radius 1 is 1.04 bits per heavy atom. The van der Waals surface area contributed by atoms with Gasteiger partial charge in [0.25, 0.3) is 5.91 Å². The molecule has 0 heterocycles. The lowest BCUT2D eigenvalue weighted by atomic mass is 10.2. The van der Waals surface area contributed by atoms with Crippen LogP contribution in [0.15, 0.2) is 30.3 Å². The van der Waals surface area contributed by atoms with Crippen molar-refractivity contribution in [3.63, 3.8) is 0 Å². The molecule has 0 saturated carbocycles. The van der Waals surface area contributed by atoms with Crippen molar-refractivity contribution in [2.75, 3.05) is 17.7 Å². The maximum atomic E-state index is 12.4. The van der Waals surface area contributed by atoms with Gasteiger partial charge in [-0.2, -0.15) is 0 Å². The van der Waals surface area contributed by atoms with Gasteiger partial charge in [0.2, 0.25) is 5.91 Å². The van der Waals surface area contributed by atoms with Gasteiger partial charge in [0.05, 0.1) is 27.9 Å². The molecule has 0 aliphatic carbocycles. The van der Waals surface area contributed by atoms with E-state index >= 15 is 0 Å². The average Bonchev–Trinajstić information content (AvgIpc) is 2.63. The van der Waals surface area contributed by atoms with Crippen LogP contribution in [0, 0.1) is 0 Å². The molecule has 0 spiro atoms. The molecule has 2 aromatic rings. The van der Waals surface area contributed by atoms with Crippen molar-refractivity contribution in [1.29, 1.82) is 0 Å². The number of ether oxygens (including phenoxy) is 1. The second kappa shape index (κ2) is 9.93. The number of rotatable bonds is 5. The second-order valence-corrected chi connectivity index (χ2v) is 7.11. The summed E-state index contributed by atoms with van der Waals surface area (Å²) in [6.07, 6.45) is 0.340. The number of anilines is 2. The Kier molecular flexibility index (Phi) is 7.88. The third-order valence-electron chi connectivity index (χ3n) is 3.51. The van der Waals surface area contributed by atoms with Gasteiger partial charge >= 0.3 is 0 Å². The Bertz CT molecular complexity index is 915. The number of benzene rings is 2. The van der Waals surface area contributed by atoms with Crippen LogP contribution < -0.4 is 20.7 Å². The molecule has 0 aliphatic rings. The van der Waals surface area contributed by atoms with Crippen LogP contribution in [0.3, 0.4) is 0 Å². The first kappa shape index (κ1) is 22.2. The molecule has 0 saturated heterocycles. The average molecular weight is 461 g/mol. The number of amides is 2. The summed E-state index contributed by atoms with van der Waals surface area (Å²) in [6.45, 7) is 1.74. The Hall–Kier alpha value is -2.06. The molecular formula is C18H16Cl3N3O3S. The van der Waals surface area contributed by atoms with Crippen LogP contribution in [0.4, 0.5) is 11.4 Å². The Labute approximate surface area is 182 Å². The van der Waals surface area contributed by atoms with E-state index in [-0.39, 0.29) is 32.4 Å².